The summed E-state index contributed by atoms with van der Waals surface area (Å²) in [5.41, 5.74) is 1.24. The molecule has 1 aliphatic heterocycles. The van der Waals surface area contributed by atoms with Crippen molar-refractivity contribution in [3.63, 3.8) is 0 Å². The minimum atomic E-state index is -0.937. The summed E-state index contributed by atoms with van der Waals surface area (Å²) in [6.45, 7) is 1.80. The van der Waals surface area contributed by atoms with Gasteiger partial charge in [0.1, 0.15) is 0 Å². The lowest BCUT2D eigenvalue weighted by molar-refractivity contribution is -0.144. The molecule has 3 rings (SSSR count). The largest absolute Gasteiger partial charge is 0.478 e. The van der Waals surface area contributed by atoms with Crippen molar-refractivity contribution in [1.29, 1.82) is 0 Å². The summed E-state index contributed by atoms with van der Waals surface area (Å²) < 4.78 is 11.3. The fraction of sp³-hybridized carbons (Fsp3) is 0.600. The van der Waals surface area contributed by atoms with Crippen LogP contribution in [0.25, 0.3) is 0 Å². The molecule has 0 spiro atoms. The third-order valence-corrected chi connectivity index (χ3v) is 5.61. The first-order chi connectivity index (χ1) is 12.6. The maximum atomic E-state index is 12.8. The van der Waals surface area contributed by atoms with Crippen LogP contribution in [-0.4, -0.2) is 60.9 Å². The van der Waals surface area contributed by atoms with Crippen LogP contribution in [0.1, 0.15) is 41.6 Å². The molecule has 2 aliphatic rings. The van der Waals surface area contributed by atoms with Gasteiger partial charge in [0.05, 0.1) is 30.9 Å². The van der Waals surface area contributed by atoms with Gasteiger partial charge in [-0.3, -0.25) is 4.79 Å². The van der Waals surface area contributed by atoms with Gasteiger partial charge in [-0.2, -0.15) is 0 Å². The van der Waals surface area contributed by atoms with Gasteiger partial charge in [-0.15, -0.1) is 0 Å². The van der Waals surface area contributed by atoms with Crippen molar-refractivity contribution in [2.75, 3.05) is 26.9 Å². The van der Waals surface area contributed by atoms with Gasteiger partial charge < -0.3 is 19.5 Å². The Hall–Kier alpha value is -1.92. The number of carboxylic acid groups (broad SMARTS) is 1. The van der Waals surface area contributed by atoms with E-state index in [0.29, 0.717) is 38.5 Å². The van der Waals surface area contributed by atoms with Gasteiger partial charge in [0, 0.05) is 26.0 Å². The second-order valence-electron chi connectivity index (χ2n) is 7.10. The number of aromatic carboxylic acids is 1. The SMILES string of the molecule is COC1CCCC1C1COCCN1C(=O)CCc1ccc(C(=O)O)cc1. The lowest BCUT2D eigenvalue weighted by Crippen LogP contribution is -2.53. The predicted molar refractivity (Wildman–Crippen MR) is 96.2 cm³/mol. The minimum absolute atomic E-state index is 0.0955. The predicted octanol–water partition coefficient (Wildman–Crippen LogP) is 2.36. The molecule has 3 unspecified atom stereocenters. The second kappa shape index (κ2) is 8.64. The number of benzene rings is 1. The quantitative estimate of drug-likeness (QED) is 0.842. The van der Waals surface area contributed by atoms with Crippen molar-refractivity contribution < 1.29 is 24.2 Å². The Morgan fingerprint density at radius 3 is 2.73 bits per heavy atom. The van der Waals surface area contributed by atoms with Crippen molar-refractivity contribution >= 4 is 11.9 Å². The molecule has 6 heteroatoms. The van der Waals surface area contributed by atoms with Crippen LogP contribution in [0.5, 0.6) is 0 Å². The Labute approximate surface area is 154 Å². The van der Waals surface area contributed by atoms with E-state index in [0.717, 1.165) is 24.8 Å². The van der Waals surface area contributed by atoms with Gasteiger partial charge in [-0.05, 0) is 37.0 Å². The number of morpholine rings is 1. The highest BCUT2D eigenvalue weighted by Gasteiger charge is 2.40. The zero-order chi connectivity index (χ0) is 18.5. The van der Waals surface area contributed by atoms with Gasteiger partial charge in [-0.1, -0.05) is 18.6 Å². The Morgan fingerprint density at radius 2 is 2.04 bits per heavy atom. The van der Waals surface area contributed by atoms with Gasteiger partial charge in [0.25, 0.3) is 0 Å². The molecule has 6 nitrogen and oxygen atoms in total. The molecule has 0 radical (unpaired) electrons. The molecule has 1 aromatic rings. The van der Waals surface area contributed by atoms with Gasteiger partial charge in [0.15, 0.2) is 0 Å². The zero-order valence-electron chi connectivity index (χ0n) is 15.2. The number of hydrogen-bond acceptors (Lipinski definition) is 4. The van der Waals surface area contributed by atoms with E-state index < -0.39 is 5.97 Å². The first-order valence-corrected chi connectivity index (χ1v) is 9.32. The molecule has 1 amide bonds. The van der Waals surface area contributed by atoms with E-state index in [1.54, 1.807) is 31.4 Å². The molecule has 0 aromatic heterocycles. The third-order valence-electron chi connectivity index (χ3n) is 5.61. The van der Waals surface area contributed by atoms with E-state index >= 15 is 0 Å². The number of ether oxygens (including phenoxy) is 2. The molecule has 0 bridgehead atoms. The Morgan fingerprint density at radius 1 is 1.27 bits per heavy atom. The van der Waals surface area contributed by atoms with Crippen molar-refractivity contribution in [3.05, 3.63) is 35.4 Å². The van der Waals surface area contributed by atoms with Crippen LogP contribution in [0.15, 0.2) is 24.3 Å². The highest BCUT2D eigenvalue weighted by atomic mass is 16.5. The average molecular weight is 361 g/mol. The van der Waals surface area contributed by atoms with Crippen molar-refractivity contribution in [1.82, 2.24) is 4.90 Å². The summed E-state index contributed by atoms with van der Waals surface area (Å²) in [6, 6.07) is 6.83. The molecule has 26 heavy (non-hydrogen) atoms. The van der Waals surface area contributed by atoms with E-state index in [1.165, 1.54) is 0 Å². The maximum Gasteiger partial charge on any atom is 0.335 e. The molecule has 2 fully saturated rings. The smallest absolute Gasteiger partial charge is 0.335 e. The standard InChI is InChI=1S/C20H27NO5/c1-25-18-4-2-3-16(18)17-13-26-12-11-21(17)19(22)10-7-14-5-8-15(9-6-14)20(23)24/h5-6,8-9,16-18H,2-4,7,10-13H2,1H3,(H,23,24). The minimum Gasteiger partial charge on any atom is -0.478 e. The topological polar surface area (TPSA) is 76.1 Å². The Balaban J connectivity index is 1.60. The number of amides is 1. The maximum absolute atomic E-state index is 12.8. The zero-order valence-corrected chi connectivity index (χ0v) is 15.2. The molecule has 1 saturated carbocycles. The first kappa shape index (κ1) is 18.9. The highest BCUT2D eigenvalue weighted by Crippen LogP contribution is 2.34. The van der Waals surface area contributed by atoms with Crippen LogP contribution >= 0.6 is 0 Å². The second-order valence-corrected chi connectivity index (χ2v) is 7.10. The molecular weight excluding hydrogens is 334 g/mol. The van der Waals surface area contributed by atoms with Crippen molar-refractivity contribution in [2.24, 2.45) is 5.92 Å². The van der Waals surface area contributed by atoms with E-state index in [1.807, 2.05) is 4.90 Å². The van der Waals surface area contributed by atoms with E-state index in [9.17, 15) is 9.59 Å². The molecule has 1 aliphatic carbocycles. The molecule has 1 saturated heterocycles. The number of rotatable bonds is 6. The number of carboxylic acids is 1. The number of methoxy groups -OCH3 is 1. The average Bonchev–Trinajstić information content (AvgIpc) is 3.15. The van der Waals surface area contributed by atoms with E-state index in [-0.39, 0.29) is 23.6 Å². The highest BCUT2D eigenvalue weighted by molar-refractivity contribution is 5.87. The molecule has 3 atom stereocenters. The lowest BCUT2D eigenvalue weighted by Gasteiger charge is -2.40. The van der Waals surface area contributed by atoms with Crippen LogP contribution in [-0.2, 0) is 20.7 Å². The van der Waals surface area contributed by atoms with E-state index in [2.05, 4.69) is 0 Å². The first-order valence-electron chi connectivity index (χ1n) is 9.32. The van der Waals surface area contributed by atoms with Gasteiger partial charge in [-0.25, -0.2) is 4.79 Å². The van der Waals surface area contributed by atoms with E-state index in [4.69, 9.17) is 14.6 Å². The third kappa shape index (κ3) is 4.24. The molecule has 1 heterocycles. The van der Waals surface area contributed by atoms with Crippen LogP contribution in [0.2, 0.25) is 0 Å². The summed E-state index contributed by atoms with van der Waals surface area (Å²) in [7, 11) is 1.75. The summed E-state index contributed by atoms with van der Waals surface area (Å²) in [5.74, 6) is -0.450. The molecular formula is C20H27NO5. The number of nitrogens with zero attached hydrogens (tertiary/aromatic N) is 1. The number of carbonyl (C=O) groups excluding carboxylic acids is 1. The number of aryl methyl sites for hydroxylation is 1. The van der Waals surface area contributed by atoms with Crippen LogP contribution in [0, 0.1) is 5.92 Å². The van der Waals surface area contributed by atoms with Gasteiger partial charge >= 0.3 is 5.97 Å². The summed E-state index contributed by atoms with van der Waals surface area (Å²) in [6.07, 6.45) is 4.51. The van der Waals surface area contributed by atoms with Crippen molar-refractivity contribution in [3.8, 4) is 0 Å². The molecule has 142 valence electrons. The van der Waals surface area contributed by atoms with Crippen LogP contribution < -0.4 is 0 Å². The number of carbonyl (C=O) groups is 2. The fourth-order valence-electron chi connectivity index (χ4n) is 4.18. The number of hydrogen-bond donors (Lipinski definition) is 1. The normalized spacial score (nSPS) is 26.0. The Kier molecular flexibility index (Phi) is 6.27. The lowest BCUT2D eigenvalue weighted by atomic mass is 9.93. The summed E-state index contributed by atoms with van der Waals surface area (Å²) in [5, 5.41) is 8.96. The van der Waals surface area contributed by atoms with Crippen molar-refractivity contribution in [2.45, 2.75) is 44.2 Å². The monoisotopic (exact) mass is 361 g/mol. The summed E-state index contributed by atoms with van der Waals surface area (Å²) >= 11 is 0. The van der Waals surface area contributed by atoms with Crippen LogP contribution in [0.3, 0.4) is 0 Å². The Bertz CT molecular complexity index is 630. The molecule has 1 aromatic carbocycles. The van der Waals surface area contributed by atoms with Gasteiger partial charge in [0.2, 0.25) is 5.91 Å². The fourth-order valence-corrected chi connectivity index (χ4v) is 4.18. The van der Waals surface area contributed by atoms with Crippen LogP contribution in [0.4, 0.5) is 0 Å². The summed E-state index contributed by atoms with van der Waals surface area (Å²) in [4.78, 5) is 25.7. The molecule has 1 N–H and O–H groups in total.